The van der Waals surface area contributed by atoms with Crippen molar-refractivity contribution in [1.29, 1.82) is 0 Å². The van der Waals surface area contributed by atoms with Crippen LogP contribution < -0.4 is 10.6 Å². The van der Waals surface area contributed by atoms with Gasteiger partial charge in [-0.2, -0.15) is 0 Å². The summed E-state index contributed by atoms with van der Waals surface area (Å²) < 4.78 is 5.23. The number of alkyl carbamates (subject to hydrolysis) is 1. The van der Waals surface area contributed by atoms with Crippen LogP contribution in [0.25, 0.3) is 6.08 Å². The molecule has 7 heteroatoms. The summed E-state index contributed by atoms with van der Waals surface area (Å²) in [6, 6.07) is 25.9. The Morgan fingerprint density at radius 1 is 0.818 bits per heavy atom. The number of carboxylic acids is 1. The minimum absolute atomic E-state index is 0.0423. The predicted molar refractivity (Wildman–Crippen MR) is 124 cm³/mol. The maximum absolute atomic E-state index is 13.0. The highest BCUT2D eigenvalue weighted by atomic mass is 16.5. The Morgan fingerprint density at radius 2 is 1.36 bits per heavy atom. The molecule has 3 N–H and O–H groups in total. The van der Waals surface area contributed by atoms with E-state index in [0.717, 1.165) is 11.1 Å². The van der Waals surface area contributed by atoms with Crippen LogP contribution in [0.1, 0.15) is 16.7 Å². The molecule has 7 nitrogen and oxygen atoms in total. The molecule has 0 heterocycles. The van der Waals surface area contributed by atoms with E-state index in [9.17, 15) is 19.5 Å². The van der Waals surface area contributed by atoms with Crippen molar-refractivity contribution in [3.05, 3.63) is 113 Å². The lowest BCUT2D eigenvalue weighted by molar-refractivity contribution is -0.134. The van der Waals surface area contributed by atoms with Gasteiger partial charge in [0, 0.05) is 6.42 Å². The molecule has 1 atom stereocenters. The first kappa shape index (κ1) is 23.3. The zero-order chi connectivity index (χ0) is 23.5. The minimum atomic E-state index is -1.29. The maximum Gasteiger partial charge on any atom is 0.408 e. The molecule has 33 heavy (non-hydrogen) atoms. The Bertz CT molecular complexity index is 1100. The number of ether oxygens (including phenoxy) is 1. The van der Waals surface area contributed by atoms with E-state index in [0.29, 0.717) is 5.56 Å². The van der Waals surface area contributed by atoms with Crippen LogP contribution >= 0.6 is 0 Å². The predicted octanol–water partition coefficient (Wildman–Crippen LogP) is 3.77. The highest BCUT2D eigenvalue weighted by Crippen LogP contribution is 2.08. The average Bonchev–Trinajstić information content (AvgIpc) is 2.84. The molecule has 2 amide bonds. The fourth-order valence-corrected chi connectivity index (χ4v) is 3.05. The van der Waals surface area contributed by atoms with Crippen LogP contribution in [0.3, 0.4) is 0 Å². The van der Waals surface area contributed by atoms with E-state index in [1.165, 1.54) is 6.08 Å². The van der Waals surface area contributed by atoms with Gasteiger partial charge in [-0.25, -0.2) is 9.59 Å². The van der Waals surface area contributed by atoms with Crippen molar-refractivity contribution in [1.82, 2.24) is 10.6 Å². The Labute approximate surface area is 191 Å². The zero-order valence-corrected chi connectivity index (χ0v) is 17.8. The summed E-state index contributed by atoms with van der Waals surface area (Å²) in [7, 11) is 0. The van der Waals surface area contributed by atoms with Gasteiger partial charge in [-0.15, -0.1) is 0 Å². The van der Waals surface area contributed by atoms with Crippen LogP contribution in [0.4, 0.5) is 4.79 Å². The van der Waals surface area contributed by atoms with Gasteiger partial charge >= 0.3 is 12.1 Å². The lowest BCUT2D eigenvalue weighted by Crippen LogP contribution is -2.48. The lowest BCUT2D eigenvalue weighted by Gasteiger charge is -2.19. The molecule has 3 aromatic rings. The normalized spacial score (nSPS) is 11.8. The molecule has 0 saturated carbocycles. The number of amides is 2. The van der Waals surface area contributed by atoms with E-state index in [1.54, 1.807) is 30.3 Å². The summed E-state index contributed by atoms with van der Waals surface area (Å²) in [4.78, 5) is 37.1. The number of carbonyl (C=O) groups excluding carboxylic acids is 2. The summed E-state index contributed by atoms with van der Waals surface area (Å²) in [5.41, 5.74) is 1.91. The van der Waals surface area contributed by atoms with E-state index >= 15 is 0 Å². The fraction of sp³-hybridized carbons (Fsp3) is 0.115. The quantitative estimate of drug-likeness (QED) is 0.436. The van der Waals surface area contributed by atoms with Crippen molar-refractivity contribution in [3.8, 4) is 0 Å². The highest BCUT2D eigenvalue weighted by molar-refractivity contribution is 5.98. The molecular formula is C26H24N2O5. The van der Waals surface area contributed by atoms with Gasteiger partial charge in [0.1, 0.15) is 18.3 Å². The van der Waals surface area contributed by atoms with Crippen LogP contribution in [-0.4, -0.2) is 29.1 Å². The first-order chi connectivity index (χ1) is 16.0. The summed E-state index contributed by atoms with van der Waals surface area (Å²) in [6.45, 7) is 0.0423. The Morgan fingerprint density at radius 3 is 1.94 bits per heavy atom. The summed E-state index contributed by atoms with van der Waals surface area (Å²) in [5.74, 6) is -1.96. The molecule has 0 saturated heterocycles. The van der Waals surface area contributed by atoms with Crippen molar-refractivity contribution >= 4 is 24.0 Å². The van der Waals surface area contributed by atoms with E-state index in [4.69, 9.17) is 4.74 Å². The van der Waals surface area contributed by atoms with Crippen LogP contribution in [0, 0.1) is 0 Å². The van der Waals surface area contributed by atoms with Crippen molar-refractivity contribution in [2.75, 3.05) is 0 Å². The molecule has 3 rings (SSSR count). The molecule has 0 bridgehead atoms. The number of nitrogens with one attached hydrogen (secondary N) is 2. The number of hydrogen-bond acceptors (Lipinski definition) is 4. The fourth-order valence-electron chi connectivity index (χ4n) is 3.05. The number of hydrogen-bond donors (Lipinski definition) is 3. The topological polar surface area (TPSA) is 105 Å². The first-order valence-corrected chi connectivity index (χ1v) is 10.3. The van der Waals surface area contributed by atoms with Crippen molar-refractivity contribution in [2.24, 2.45) is 0 Å². The molecule has 0 radical (unpaired) electrons. The molecule has 0 aromatic heterocycles. The van der Waals surface area contributed by atoms with E-state index in [-0.39, 0.29) is 18.7 Å². The van der Waals surface area contributed by atoms with Crippen molar-refractivity contribution in [3.63, 3.8) is 0 Å². The van der Waals surface area contributed by atoms with Gasteiger partial charge < -0.3 is 20.5 Å². The molecule has 0 unspecified atom stereocenters. The monoisotopic (exact) mass is 444 g/mol. The van der Waals surface area contributed by atoms with Gasteiger partial charge in [0.25, 0.3) is 0 Å². The van der Waals surface area contributed by atoms with Gasteiger partial charge in [0.15, 0.2) is 0 Å². The first-order valence-electron chi connectivity index (χ1n) is 10.3. The number of carboxylic acid groups (broad SMARTS) is 1. The van der Waals surface area contributed by atoms with E-state index in [2.05, 4.69) is 10.6 Å². The van der Waals surface area contributed by atoms with Gasteiger partial charge in [0.05, 0.1) is 0 Å². The van der Waals surface area contributed by atoms with E-state index in [1.807, 2.05) is 60.7 Å². The summed E-state index contributed by atoms with van der Waals surface area (Å²) in [5, 5.41) is 14.5. The van der Waals surface area contributed by atoms with Gasteiger partial charge in [-0.1, -0.05) is 91.0 Å². The van der Waals surface area contributed by atoms with Crippen molar-refractivity contribution in [2.45, 2.75) is 19.1 Å². The molecule has 0 spiro atoms. The number of rotatable bonds is 9. The van der Waals surface area contributed by atoms with Gasteiger partial charge in [-0.05, 0) is 22.8 Å². The third kappa shape index (κ3) is 7.66. The standard InChI is InChI=1S/C26H24N2O5/c29-24(27-23(25(30)31)17-20-12-6-2-7-13-20)22(16-19-10-4-1-5-11-19)28-26(32)33-18-21-14-8-3-9-15-21/h1-15,17,22H,16,18H2,(H,27,29)(H,28,32)(H,30,31)/t22-/m0/s1. The number of carbonyl (C=O) groups is 3. The molecule has 0 aliphatic carbocycles. The molecule has 0 aliphatic rings. The number of aliphatic carboxylic acids is 1. The molecule has 0 fully saturated rings. The molecular weight excluding hydrogens is 420 g/mol. The average molecular weight is 444 g/mol. The summed E-state index contributed by atoms with van der Waals surface area (Å²) in [6.07, 6.45) is 0.734. The Hall–Kier alpha value is -4.39. The van der Waals surface area contributed by atoms with E-state index < -0.39 is 24.0 Å². The molecule has 0 aliphatic heterocycles. The molecule has 168 valence electrons. The highest BCUT2D eigenvalue weighted by Gasteiger charge is 2.24. The zero-order valence-electron chi connectivity index (χ0n) is 17.8. The van der Waals surface area contributed by atoms with Crippen molar-refractivity contribution < 1.29 is 24.2 Å². The SMILES string of the molecule is O=C(N[C@@H](Cc1ccccc1)C(=O)NC(=Cc1ccccc1)C(=O)O)OCc1ccccc1. The maximum atomic E-state index is 13.0. The van der Waals surface area contributed by atoms with Crippen LogP contribution in [-0.2, 0) is 27.4 Å². The second-order valence-electron chi connectivity index (χ2n) is 7.21. The second kappa shape index (κ2) is 11.9. The van der Waals surface area contributed by atoms with Gasteiger partial charge in [0.2, 0.25) is 5.91 Å². The van der Waals surface area contributed by atoms with Crippen LogP contribution in [0.2, 0.25) is 0 Å². The van der Waals surface area contributed by atoms with Crippen LogP contribution in [0.5, 0.6) is 0 Å². The summed E-state index contributed by atoms with van der Waals surface area (Å²) >= 11 is 0. The number of benzene rings is 3. The van der Waals surface area contributed by atoms with Gasteiger partial charge in [-0.3, -0.25) is 4.79 Å². The largest absolute Gasteiger partial charge is 0.477 e. The second-order valence-corrected chi connectivity index (χ2v) is 7.21. The Kier molecular flexibility index (Phi) is 8.36. The Balaban J connectivity index is 1.73. The lowest BCUT2D eigenvalue weighted by atomic mass is 10.1. The van der Waals surface area contributed by atoms with Crippen LogP contribution in [0.15, 0.2) is 96.7 Å². The molecule has 3 aromatic carbocycles. The smallest absolute Gasteiger partial charge is 0.408 e. The minimum Gasteiger partial charge on any atom is -0.477 e. The third-order valence-corrected chi connectivity index (χ3v) is 4.70. The third-order valence-electron chi connectivity index (χ3n) is 4.70.